The second-order valence-corrected chi connectivity index (χ2v) is 6.04. The Morgan fingerprint density at radius 2 is 2.21 bits per heavy atom. The van der Waals surface area contributed by atoms with Crippen LogP contribution in [0.5, 0.6) is 0 Å². The summed E-state index contributed by atoms with van der Waals surface area (Å²) >= 11 is 1.30. The van der Waals surface area contributed by atoms with Crippen molar-refractivity contribution < 1.29 is 9.59 Å². The molecule has 19 heavy (non-hydrogen) atoms. The molecule has 102 valence electrons. The van der Waals surface area contributed by atoms with Crippen LogP contribution in [0.25, 0.3) is 0 Å². The molecular formula is C14H18N2O2S. The quantitative estimate of drug-likeness (QED) is 0.854. The molecule has 1 unspecified atom stereocenters. The van der Waals surface area contributed by atoms with Gasteiger partial charge < -0.3 is 10.6 Å². The number of rotatable bonds is 4. The van der Waals surface area contributed by atoms with Crippen molar-refractivity contribution in [2.45, 2.75) is 19.9 Å². The molecule has 1 aliphatic heterocycles. The van der Waals surface area contributed by atoms with Gasteiger partial charge >= 0.3 is 0 Å². The summed E-state index contributed by atoms with van der Waals surface area (Å²) in [6.45, 7) is 2.84. The van der Waals surface area contributed by atoms with Crippen molar-refractivity contribution in [1.29, 1.82) is 0 Å². The molecule has 1 aromatic carbocycles. The number of nitrogens with zero attached hydrogens (tertiary/aromatic N) is 1. The molecule has 2 N–H and O–H groups in total. The molecule has 1 saturated heterocycles. The van der Waals surface area contributed by atoms with Gasteiger partial charge in [0, 0.05) is 37.9 Å². The third-order valence-electron chi connectivity index (χ3n) is 3.23. The average molecular weight is 278 g/mol. The lowest BCUT2D eigenvalue weighted by molar-refractivity contribution is -0.128. The highest BCUT2D eigenvalue weighted by Gasteiger charge is 2.29. The molecule has 1 aliphatic rings. The van der Waals surface area contributed by atoms with E-state index in [1.807, 2.05) is 29.2 Å². The standard InChI is InChI=1S/C14H18N2O2S/c1-10(17)19-9-11-6-14(18)16(7-11)8-12-4-2-3-5-13(12)15/h2-5,11H,6-9,15H2,1H3. The predicted molar refractivity (Wildman–Crippen MR) is 77.5 cm³/mol. The normalized spacial score (nSPS) is 18.9. The number of para-hydroxylation sites is 1. The average Bonchev–Trinajstić information content (AvgIpc) is 2.71. The maximum atomic E-state index is 11.9. The lowest BCUT2D eigenvalue weighted by Crippen LogP contribution is -2.25. The first-order chi connectivity index (χ1) is 9.06. The fraction of sp³-hybridized carbons (Fsp3) is 0.429. The molecule has 0 bridgehead atoms. The van der Waals surface area contributed by atoms with Gasteiger partial charge in [-0.1, -0.05) is 30.0 Å². The van der Waals surface area contributed by atoms with E-state index in [0.29, 0.717) is 19.5 Å². The van der Waals surface area contributed by atoms with E-state index in [9.17, 15) is 9.59 Å². The maximum absolute atomic E-state index is 11.9. The maximum Gasteiger partial charge on any atom is 0.223 e. The number of carbonyl (C=O) groups is 2. The van der Waals surface area contributed by atoms with Crippen molar-refractivity contribution in [3.63, 3.8) is 0 Å². The molecule has 1 atom stereocenters. The van der Waals surface area contributed by atoms with E-state index in [1.54, 1.807) is 6.92 Å². The van der Waals surface area contributed by atoms with Crippen LogP contribution >= 0.6 is 11.8 Å². The Kier molecular flexibility index (Phi) is 4.47. The summed E-state index contributed by atoms with van der Waals surface area (Å²) < 4.78 is 0. The number of amides is 1. The number of nitrogen functional groups attached to an aromatic ring is 1. The summed E-state index contributed by atoms with van der Waals surface area (Å²) in [5, 5.41) is 0.109. The monoisotopic (exact) mass is 278 g/mol. The first-order valence-corrected chi connectivity index (χ1v) is 7.29. The summed E-state index contributed by atoms with van der Waals surface area (Å²) in [4.78, 5) is 24.7. The molecule has 1 heterocycles. The van der Waals surface area contributed by atoms with Crippen LogP contribution in [0.3, 0.4) is 0 Å². The minimum Gasteiger partial charge on any atom is -0.398 e. The van der Waals surface area contributed by atoms with Crippen LogP contribution in [0, 0.1) is 5.92 Å². The zero-order valence-electron chi connectivity index (χ0n) is 11.0. The first kappa shape index (κ1) is 13.9. The SMILES string of the molecule is CC(=O)SCC1CC(=O)N(Cc2ccccc2N)C1. The molecule has 0 radical (unpaired) electrons. The molecular weight excluding hydrogens is 260 g/mol. The van der Waals surface area contributed by atoms with Crippen molar-refractivity contribution in [2.24, 2.45) is 5.92 Å². The number of thioether (sulfide) groups is 1. The number of likely N-dealkylation sites (tertiary alicyclic amines) is 1. The Morgan fingerprint density at radius 3 is 2.89 bits per heavy atom. The minimum atomic E-state index is 0.109. The smallest absolute Gasteiger partial charge is 0.223 e. The molecule has 5 heteroatoms. The van der Waals surface area contributed by atoms with Crippen molar-refractivity contribution in [1.82, 2.24) is 4.90 Å². The van der Waals surface area contributed by atoms with Gasteiger partial charge in [0.1, 0.15) is 0 Å². The van der Waals surface area contributed by atoms with E-state index < -0.39 is 0 Å². The van der Waals surface area contributed by atoms with Gasteiger partial charge in [-0.3, -0.25) is 9.59 Å². The summed E-state index contributed by atoms with van der Waals surface area (Å²) in [6.07, 6.45) is 0.535. The van der Waals surface area contributed by atoms with E-state index in [4.69, 9.17) is 5.73 Å². The van der Waals surface area contributed by atoms with Crippen LogP contribution in [-0.4, -0.2) is 28.2 Å². The minimum absolute atomic E-state index is 0.109. The van der Waals surface area contributed by atoms with Gasteiger partial charge in [0.15, 0.2) is 5.12 Å². The molecule has 1 aromatic rings. The highest BCUT2D eigenvalue weighted by Crippen LogP contribution is 2.25. The van der Waals surface area contributed by atoms with Crippen LogP contribution in [0.15, 0.2) is 24.3 Å². The highest BCUT2D eigenvalue weighted by atomic mass is 32.2. The Balaban J connectivity index is 1.93. The molecule has 0 aliphatic carbocycles. The van der Waals surface area contributed by atoms with Crippen molar-refractivity contribution in [3.8, 4) is 0 Å². The third-order valence-corrected chi connectivity index (χ3v) is 4.28. The van der Waals surface area contributed by atoms with Gasteiger partial charge in [-0.05, 0) is 17.5 Å². The predicted octanol–water partition coefficient (Wildman–Crippen LogP) is 1.90. The van der Waals surface area contributed by atoms with E-state index >= 15 is 0 Å². The van der Waals surface area contributed by atoms with E-state index in [2.05, 4.69) is 0 Å². The van der Waals surface area contributed by atoms with Gasteiger partial charge in [0.2, 0.25) is 5.91 Å². The lowest BCUT2D eigenvalue weighted by Gasteiger charge is -2.17. The number of benzene rings is 1. The Labute approximate surface area is 117 Å². The molecule has 0 aromatic heterocycles. The lowest BCUT2D eigenvalue weighted by atomic mass is 10.1. The third kappa shape index (κ3) is 3.73. The summed E-state index contributed by atoms with van der Waals surface area (Å²) in [7, 11) is 0. The van der Waals surface area contributed by atoms with Crippen LogP contribution in [0.1, 0.15) is 18.9 Å². The second kappa shape index (κ2) is 6.10. The van der Waals surface area contributed by atoms with Crippen LogP contribution in [0.4, 0.5) is 5.69 Å². The summed E-state index contributed by atoms with van der Waals surface area (Å²) in [6, 6.07) is 7.60. The van der Waals surface area contributed by atoms with Crippen molar-refractivity contribution >= 4 is 28.5 Å². The van der Waals surface area contributed by atoms with E-state index in [0.717, 1.165) is 17.0 Å². The topological polar surface area (TPSA) is 63.4 Å². The molecule has 0 saturated carbocycles. The van der Waals surface area contributed by atoms with Gasteiger partial charge in [-0.2, -0.15) is 0 Å². The number of carbonyl (C=O) groups excluding carboxylic acids is 2. The Bertz CT molecular complexity index is 490. The number of hydrogen-bond acceptors (Lipinski definition) is 4. The molecule has 0 spiro atoms. The number of anilines is 1. The largest absolute Gasteiger partial charge is 0.398 e. The highest BCUT2D eigenvalue weighted by molar-refractivity contribution is 8.13. The number of nitrogens with two attached hydrogens (primary N) is 1. The van der Waals surface area contributed by atoms with Crippen LogP contribution in [0.2, 0.25) is 0 Å². The Morgan fingerprint density at radius 1 is 1.47 bits per heavy atom. The van der Waals surface area contributed by atoms with Crippen molar-refractivity contribution in [2.75, 3.05) is 18.0 Å². The van der Waals surface area contributed by atoms with E-state index in [-0.39, 0.29) is 16.9 Å². The molecule has 1 amide bonds. The molecule has 2 rings (SSSR count). The fourth-order valence-corrected chi connectivity index (χ4v) is 2.93. The molecule has 4 nitrogen and oxygen atoms in total. The zero-order chi connectivity index (χ0) is 13.8. The first-order valence-electron chi connectivity index (χ1n) is 6.30. The summed E-state index contributed by atoms with van der Waals surface area (Å²) in [5.74, 6) is 1.14. The second-order valence-electron chi connectivity index (χ2n) is 4.85. The zero-order valence-corrected chi connectivity index (χ0v) is 11.8. The van der Waals surface area contributed by atoms with Crippen molar-refractivity contribution in [3.05, 3.63) is 29.8 Å². The Hall–Kier alpha value is -1.49. The van der Waals surface area contributed by atoms with Crippen LogP contribution < -0.4 is 5.73 Å². The van der Waals surface area contributed by atoms with Crippen LogP contribution in [-0.2, 0) is 16.1 Å². The van der Waals surface area contributed by atoms with Gasteiger partial charge in [0.05, 0.1) is 0 Å². The fourth-order valence-electron chi connectivity index (χ4n) is 2.24. The van der Waals surface area contributed by atoms with Gasteiger partial charge in [-0.15, -0.1) is 0 Å². The summed E-state index contributed by atoms with van der Waals surface area (Å²) in [5.41, 5.74) is 7.59. The van der Waals surface area contributed by atoms with Gasteiger partial charge in [-0.25, -0.2) is 0 Å². The molecule has 1 fully saturated rings. The number of hydrogen-bond donors (Lipinski definition) is 1. The van der Waals surface area contributed by atoms with E-state index in [1.165, 1.54) is 11.8 Å². The van der Waals surface area contributed by atoms with Gasteiger partial charge in [0.25, 0.3) is 0 Å².